The van der Waals surface area contributed by atoms with E-state index in [0.717, 1.165) is 42.0 Å². The standard InChI is InChI=1S/C24H25N5O4S/c30-14-15-4-3-9-28(15)26-23(32)20-21(31)16-7-8-19(27-10-12-33-13-11-27)25-22(16)29-17-5-1-2-6-18(17)34-24(20)29/h1-2,5-8,15,30H,3-4,9-14H2,(H,26,32). The number of hydrogen-bond donors (Lipinski definition) is 2. The molecule has 0 bridgehead atoms. The van der Waals surface area contributed by atoms with E-state index < -0.39 is 5.91 Å². The fourth-order valence-electron chi connectivity index (χ4n) is 4.91. The predicted octanol–water partition coefficient (Wildman–Crippen LogP) is 2.00. The number of amides is 1. The van der Waals surface area contributed by atoms with Crippen molar-refractivity contribution in [3.8, 4) is 0 Å². The number of carbonyl (C=O) groups excluding carboxylic acids is 1. The SMILES string of the molecule is O=C(NN1CCCC1CO)c1c(=O)c2ccc(N3CCOCC3)nc2n2c1sc1ccccc12. The lowest BCUT2D eigenvalue weighted by atomic mass is 10.1. The van der Waals surface area contributed by atoms with E-state index >= 15 is 0 Å². The summed E-state index contributed by atoms with van der Waals surface area (Å²) in [5.74, 6) is 0.341. The van der Waals surface area contributed by atoms with Gasteiger partial charge in [0.25, 0.3) is 5.91 Å². The van der Waals surface area contributed by atoms with E-state index in [1.54, 1.807) is 11.1 Å². The summed E-state index contributed by atoms with van der Waals surface area (Å²) in [5.41, 5.74) is 4.12. The molecule has 0 spiro atoms. The van der Waals surface area contributed by atoms with E-state index in [2.05, 4.69) is 10.3 Å². The average molecular weight is 480 g/mol. The molecule has 0 radical (unpaired) electrons. The molecule has 2 fully saturated rings. The van der Waals surface area contributed by atoms with Crippen molar-refractivity contribution in [2.75, 3.05) is 44.4 Å². The van der Waals surface area contributed by atoms with Gasteiger partial charge in [0.05, 0.1) is 41.5 Å². The summed E-state index contributed by atoms with van der Waals surface area (Å²) in [5, 5.41) is 11.8. The molecule has 1 aromatic carbocycles. The fourth-order valence-corrected chi connectivity index (χ4v) is 6.09. The number of para-hydroxylation sites is 1. The molecule has 0 saturated carbocycles. The fraction of sp³-hybridized carbons (Fsp3) is 0.375. The van der Waals surface area contributed by atoms with Gasteiger partial charge in [-0.1, -0.05) is 12.1 Å². The lowest BCUT2D eigenvalue weighted by molar-refractivity contribution is 0.0687. The van der Waals surface area contributed by atoms with Crippen molar-refractivity contribution in [2.24, 2.45) is 0 Å². The normalized spacial score (nSPS) is 19.4. The van der Waals surface area contributed by atoms with E-state index in [4.69, 9.17) is 9.72 Å². The Hall–Kier alpha value is -3.05. The number of thiazole rings is 1. The van der Waals surface area contributed by atoms with Gasteiger partial charge in [-0.05, 0) is 37.1 Å². The van der Waals surface area contributed by atoms with Gasteiger partial charge in [0.1, 0.15) is 16.2 Å². The number of nitrogens with zero attached hydrogens (tertiary/aromatic N) is 4. The number of morpholine rings is 1. The van der Waals surface area contributed by atoms with Gasteiger partial charge in [-0.15, -0.1) is 11.3 Å². The smallest absolute Gasteiger partial charge is 0.272 e. The van der Waals surface area contributed by atoms with Crippen LogP contribution in [-0.2, 0) is 4.74 Å². The largest absolute Gasteiger partial charge is 0.395 e. The quantitative estimate of drug-likeness (QED) is 0.462. The molecule has 3 aromatic heterocycles. The van der Waals surface area contributed by atoms with Gasteiger partial charge in [0.2, 0.25) is 5.43 Å². The maximum absolute atomic E-state index is 13.7. The molecule has 5 heterocycles. The van der Waals surface area contributed by atoms with Crippen molar-refractivity contribution in [1.29, 1.82) is 0 Å². The van der Waals surface area contributed by atoms with Crippen LogP contribution >= 0.6 is 11.3 Å². The molecule has 34 heavy (non-hydrogen) atoms. The number of hydrogen-bond acceptors (Lipinski definition) is 8. The third-order valence-electron chi connectivity index (χ3n) is 6.67. The summed E-state index contributed by atoms with van der Waals surface area (Å²) in [6, 6.07) is 11.3. The molecule has 6 rings (SSSR count). The highest BCUT2D eigenvalue weighted by atomic mass is 32.1. The Balaban J connectivity index is 1.56. The first-order valence-corrected chi connectivity index (χ1v) is 12.4. The summed E-state index contributed by atoms with van der Waals surface area (Å²) in [6.45, 7) is 3.36. The van der Waals surface area contributed by atoms with Crippen LogP contribution in [0.5, 0.6) is 0 Å². The summed E-state index contributed by atoms with van der Waals surface area (Å²) >= 11 is 1.41. The van der Waals surface area contributed by atoms with Gasteiger partial charge in [-0.3, -0.25) is 19.4 Å². The number of hydrazine groups is 1. The van der Waals surface area contributed by atoms with Gasteiger partial charge in [0.15, 0.2) is 5.65 Å². The van der Waals surface area contributed by atoms with Crippen molar-refractivity contribution >= 4 is 49.1 Å². The van der Waals surface area contributed by atoms with Crippen LogP contribution in [0.3, 0.4) is 0 Å². The van der Waals surface area contributed by atoms with E-state index in [0.29, 0.717) is 35.6 Å². The molecule has 1 amide bonds. The summed E-state index contributed by atoms with van der Waals surface area (Å²) in [7, 11) is 0. The number of nitrogens with one attached hydrogen (secondary N) is 1. The number of aliphatic hydroxyl groups excluding tert-OH is 1. The second kappa shape index (κ2) is 8.62. The van der Waals surface area contributed by atoms with Gasteiger partial charge >= 0.3 is 0 Å². The number of rotatable bonds is 4. The van der Waals surface area contributed by atoms with Crippen LogP contribution in [0.15, 0.2) is 41.2 Å². The molecule has 1 unspecified atom stereocenters. The highest BCUT2D eigenvalue weighted by Crippen LogP contribution is 2.31. The summed E-state index contributed by atoms with van der Waals surface area (Å²) in [6.07, 6.45) is 1.69. The van der Waals surface area contributed by atoms with E-state index in [1.165, 1.54) is 11.3 Å². The molecule has 2 aliphatic heterocycles. The van der Waals surface area contributed by atoms with Crippen molar-refractivity contribution in [2.45, 2.75) is 18.9 Å². The van der Waals surface area contributed by atoms with Crippen LogP contribution in [0, 0.1) is 0 Å². The van der Waals surface area contributed by atoms with E-state index in [1.807, 2.05) is 34.7 Å². The van der Waals surface area contributed by atoms with Gasteiger partial charge < -0.3 is 14.7 Å². The minimum absolute atomic E-state index is 0.0382. The number of fused-ring (bicyclic) bond motifs is 5. The minimum Gasteiger partial charge on any atom is -0.395 e. The van der Waals surface area contributed by atoms with Crippen molar-refractivity contribution in [3.63, 3.8) is 0 Å². The van der Waals surface area contributed by atoms with Crippen molar-refractivity contribution in [3.05, 3.63) is 52.2 Å². The number of benzene rings is 1. The topological polar surface area (TPSA) is 99.4 Å². The number of aliphatic hydroxyl groups is 1. The lowest BCUT2D eigenvalue weighted by Gasteiger charge is -2.28. The summed E-state index contributed by atoms with van der Waals surface area (Å²) in [4.78, 5) is 34.7. The van der Waals surface area contributed by atoms with Crippen molar-refractivity contribution in [1.82, 2.24) is 19.8 Å². The number of carbonyl (C=O) groups is 1. The van der Waals surface area contributed by atoms with Gasteiger partial charge in [-0.2, -0.15) is 0 Å². The van der Waals surface area contributed by atoms with Crippen LogP contribution in [0.4, 0.5) is 5.82 Å². The molecule has 9 nitrogen and oxygen atoms in total. The zero-order chi connectivity index (χ0) is 23.2. The second-order valence-corrected chi connectivity index (χ2v) is 9.70. The molecule has 2 saturated heterocycles. The molecule has 10 heteroatoms. The predicted molar refractivity (Wildman–Crippen MR) is 132 cm³/mol. The third kappa shape index (κ3) is 3.45. The highest BCUT2D eigenvalue weighted by molar-refractivity contribution is 7.24. The first kappa shape index (κ1) is 21.5. The molecular weight excluding hydrogens is 454 g/mol. The van der Waals surface area contributed by atoms with Crippen molar-refractivity contribution < 1.29 is 14.6 Å². The van der Waals surface area contributed by atoms with E-state index in [9.17, 15) is 14.7 Å². The number of anilines is 1. The van der Waals surface area contributed by atoms with Crippen LogP contribution in [0.1, 0.15) is 23.2 Å². The molecule has 0 aliphatic carbocycles. The maximum atomic E-state index is 13.7. The summed E-state index contributed by atoms with van der Waals surface area (Å²) < 4.78 is 8.37. The molecule has 1 atom stereocenters. The lowest BCUT2D eigenvalue weighted by Crippen LogP contribution is -2.47. The Morgan fingerprint density at radius 3 is 2.82 bits per heavy atom. The molecule has 176 valence electrons. The Morgan fingerprint density at radius 1 is 1.18 bits per heavy atom. The second-order valence-electron chi connectivity index (χ2n) is 8.67. The average Bonchev–Trinajstić information content (AvgIpc) is 3.48. The first-order valence-electron chi connectivity index (χ1n) is 11.5. The monoisotopic (exact) mass is 479 g/mol. The zero-order valence-corrected chi connectivity index (χ0v) is 19.4. The first-order chi connectivity index (χ1) is 16.7. The Kier molecular flexibility index (Phi) is 5.45. The molecule has 4 aromatic rings. The van der Waals surface area contributed by atoms with E-state index in [-0.39, 0.29) is 23.6 Å². The highest BCUT2D eigenvalue weighted by Gasteiger charge is 2.29. The molecule has 2 aliphatic rings. The van der Waals surface area contributed by atoms with Crippen LogP contribution in [0.25, 0.3) is 26.1 Å². The van der Waals surface area contributed by atoms with Crippen LogP contribution < -0.4 is 15.8 Å². The van der Waals surface area contributed by atoms with Gasteiger partial charge in [0, 0.05) is 19.6 Å². The van der Waals surface area contributed by atoms with Crippen LogP contribution in [0.2, 0.25) is 0 Å². The molecular formula is C24H25N5O4S. The Morgan fingerprint density at radius 2 is 2.00 bits per heavy atom. The third-order valence-corrected chi connectivity index (χ3v) is 7.81. The zero-order valence-electron chi connectivity index (χ0n) is 18.6. The Bertz CT molecular complexity index is 1460. The number of pyridine rings is 2. The number of ether oxygens (including phenoxy) is 1. The van der Waals surface area contributed by atoms with Crippen LogP contribution in [-0.4, -0.2) is 70.9 Å². The number of aromatic nitrogens is 2. The minimum atomic E-state index is -0.450. The van der Waals surface area contributed by atoms with Gasteiger partial charge in [-0.25, -0.2) is 9.99 Å². The molecule has 2 N–H and O–H groups in total. The Labute approximate surface area is 199 Å². The maximum Gasteiger partial charge on any atom is 0.272 e.